The maximum Gasteiger partial charge on any atom is 0.153 e. The number of nitrogen functional groups attached to an aromatic ring is 1. The average molecular weight is 323 g/mol. The number of aromatic nitrogens is 4. The Morgan fingerprint density at radius 2 is 1.96 bits per heavy atom. The molecule has 0 bridgehead atoms. The number of nitrogens with two attached hydrogens (primary N) is 1. The van der Waals surface area contributed by atoms with Gasteiger partial charge in [-0.3, -0.25) is 4.68 Å². The number of hydrogen-bond acceptors (Lipinski definition) is 4. The second kappa shape index (κ2) is 5.38. The minimum atomic E-state index is -0.513. The maximum atomic E-state index is 13.6. The molecule has 0 aliphatic carbocycles. The van der Waals surface area contributed by atoms with Crippen molar-refractivity contribution in [3.8, 4) is 22.6 Å². The number of pyridine rings is 1. The van der Waals surface area contributed by atoms with Gasteiger partial charge in [0.05, 0.1) is 18.1 Å². The molecule has 4 aromatic rings. The van der Waals surface area contributed by atoms with Gasteiger partial charge in [0.15, 0.2) is 5.75 Å². The molecule has 24 heavy (non-hydrogen) atoms. The fraction of sp³-hybridized carbons (Fsp3) is 0.0588. The first-order chi connectivity index (χ1) is 11.6. The van der Waals surface area contributed by atoms with E-state index >= 15 is 0 Å². The zero-order chi connectivity index (χ0) is 16.7. The molecule has 0 aliphatic rings. The van der Waals surface area contributed by atoms with E-state index in [1.165, 1.54) is 12.1 Å². The van der Waals surface area contributed by atoms with E-state index in [0.29, 0.717) is 11.5 Å². The van der Waals surface area contributed by atoms with Crippen molar-refractivity contribution >= 4 is 11.2 Å². The molecule has 0 spiro atoms. The number of fused-ring (bicyclic) bond motifs is 1. The number of ether oxygens (including phenoxy) is 1. The highest BCUT2D eigenvalue weighted by atomic mass is 19.1. The molecule has 0 saturated carbocycles. The van der Waals surface area contributed by atoms with E-state index in [-0.39, 0.29) is 5.69 Å². The number of halogens is 1. The quantitative estimate of drug-likeness (QED) is 0.588. The van der Waals surface area contributed by atoms with Gasteiger partial charge in [-0.05, 0) is 24.3 Å². The fourth-order valence-corrected chi connectivity index (χ4v) is 2.50. The summed E-state index contributed by atoms with van der Waals surface area (Å²) in [5.41, 5.74) is 8.19. The molecule has 0 saturated heterocycles. The Morgan fingerprint density at radius 1 is 1.08 bits per heavy atom. The molecule has 7 heteroatoms. The van der Waals surface area contributed by atoms with Gasteiger partial charge in [-0.25, -0.2) is 8.91 Å². The van der Waals surface area contributed by atoms with E-state index in [1.807, 2.05) is 31.6 Å². The molecular weight excluding hydrogens is 309 g/mol. The standard InChI is InChI=1S/C17H14FN5O/c1-22-9-12(8-21-22)11-6-17(16-4-5-20-23(16)10-11)24-13-2-3-15(19)14(18)7-13/h2-10H,19H2,1H3. The maximum absolute atomic E-state index is 13.6. The van der Waals surface area contributed by atoms with E-state index in [9.17, 15) is 4.39 Å². The van der Waals surface area contributed by atoms with Gasteiger partial charge in [0, 0.05) is 36.6 Å². The van der Waals surface area contributed by atoms with Crippen molar-refractivity contribution in [2.45, 2.75) is 0 Å². The third kappa shape index (κ3) is 2.45. The third-order valence-corrected chi connectivity index (χ3v) is 3.71. The van der Waals surface area contributed by atoms with Gasteiger partial charge in [-0.15, -0.1) is 0 Å². The van der Waals surface area contributed by atoms with Crippen LogP contribution >= 0.6 is 0 Å². The largest absolute Gasteiger partial charge is 0.455 e. The summed E-state index contributed by atoms with van der Waals surface area (Å²) in [5, 5.41) is 8.44. The lowest BCUT2D eigenvalue weighted by atomic mass is 10.1. The Bertz CT molecular complexity index is 1040. The van der Waals surface area contributed by atoms with Crippen LogP contribution in [0.5, 0.6) is 11.5 Å². The molecule has 0 aliphatic heterocycles. The molecule has 1 aromatic carbocycles. The van der Waals surface area contributed by atoms with E-state index < -0.39 is 5.82 Å². The number of rotatable bonds is 3. The SMILES string of the molecule is Cn1cc(-c2cc(Oc3ccc(N)c(F)c3)c3ccnn3c2)cn1. The van der Waals surface area contributed by atoms with Crippen molar-refractivity contribution in [2.24, 2.45) is 7.05 Å². The summed E-state index contributed by atoms with van der Waals surface area (Å²) < 4.78 is 23.0. The molecule has 4 rings (SSSR count). The molecule has 3 aromatic heterocycles. The highest BCUT2D eigenvalue weighted by Gasteiger charge is 2.11. The van der Waals surface area contributed by atoms with Crippen LogP contribution in [-0.2, 0) is 7.05 Å². The molecule has 3 heterocycles. The first-order valence-electron chi connectivity index (χ1n) is 7.29. The van der Waals surface area contributed by atoms with Crippen LogP contribution in [0.4, 0.5) is 10.1 Å². The van der Waals surface area contributed by atoms with Crippen LogP contribution in [0.25, 0.3) is 16.6 Å². The van der Waals surface area contributed by atoms with E-state index in [0.717, 1.165) is 16.6 Å². The van der Waals surface area contributed by atoms with Crippen LogP contribution < -0.4 is 10.5 Å². The Hall–Kier alpha value is -3.35. The number of nitrogens with zero attached hydrogens (tertiary/aromatic N) is 4. The zero-order valence-electron chi connectivity index (χ0n) is 12.8. The van der Waals surface area contributed by atoms with Crippen LogP contribution in [0.15, 0.2) is 55.1 Å². The summed E-state index contributed by atoms with van der Waals surface area (Å²) in [4.78, 5) is 0. The lowest BCUT2D eigenvalue weighted by Crippen LogP contribution is -1.95. The van der Waals surface area contributed by atoms with Gasteiger partial charge in [0.1, 0.15) is 17.1 Å². The predicted molar refractivity (Wildman–Crippen MR) is 88.3 cm³/mol. The zero-order valence-corrected chi connectivity index (χ0v) is 12.8. The Morgan fingerprint density at radius 3 is 2.71 bits per heavy atom. The molecule has 0 amide bonds. The van der Waals surface area contributed by atoms with Crippen LogP contribution in [-0.4, -0.2) is 19.4 Å². The van der Waals surface area contributed by atoms with Gasteiger partial charge >= 0.3 is 0 Å². The van der Waals surface area contributed by atoms with Crippen molar-refractivity contribution in [3.63, 3.8) is 0 Å². The number of hydrogen-bond donors (Lipinski definition) is 1. The molecule has 0 fully saturated rings. The molecule has 120 valence electrons. The third-order valence-electron chi connectivity index (χ3n) is 3.71. The van der Waals surface area contributed by atoms with Gasteiger partial charge < -0.3 is 10.5 Å². The number of aryl methyl sites for hydroxylation is 1. The molecule has 0 radical (unpaired) electrons. The summed E-state index contributed by atoms with van der Waals surface area (Å²) in [7, 11) is 1.85. The lowest BCUT2D eigenvalue weighted by molar-refractivity contribution is 0.480. The minimum Gasteiger partial charge on any atom is -0.455 e. The molecule has 2 N–H and O–H groups in total. The van der Waals surface area contributed by atoms with Gasteiger partial charge in [-0.1, -0.05) is 0 Å². The second-order valence-corrected chi connectivity index (χ2v) is 5.44. The van der Waals surface area contributed by atoms with Gasteiger partial charge in [0.25, 0.3) is 0 Å². The van der Waals surface area contributed by atoms with E-state index in [1.54, 1.807) is 27.7 Å². The first kappa shape index (κ1) is 14.3. The van der Waals surface area contributed by atoms with Crippen molar-refractivity contribution < 1.29 is 9.13 Å². The normalized spacial score (nSPS) is 11.1. The van der Waals surface area contributed by atoms with Crippen LogP contribution in [0.1, 0.15) is 0 Å². The smallest absolute Gasteiger partial charge is 0.153 e. The molecule has 0 atom stereocenters. The molecule has 0 unspecified atom stereocenters. The monoisotopic (exact) mass is 323 g/mol. The lowest BCUT2D eigenvalue weighted by Gasteiger charge is -2.10. The first-order valence-corrected chi connectivity index (χ1v) is 7.29. The second-order valence-electron chi connectivity index (χ2n) is 5.44. The topological polar surface area (TPSA) is 70.4 Å². The number of anilines is 1. The Kier molecular flexibility index (Phi) is 3.19. The number of benzene rings is 1. The van der Waals surface area contributed by atoms with Crippen LogP contribution in [0.2, 0.25) is 0 Å². The van der Waals surface area contributed by atoms with Crippen molar-refractivity contribution in [1.29, 1.82) is 0 Å². The summed E-state index contributed by atoms with van der Waals surface area (Å²) in [6.45, 7) is 0. The summed E-state index contributed by atoms with van der Waals surface area (Å²) in [6, 6.07) is 8.07. The van der Waals surface area contributed by atoms with Gasteiger partial charge in [0.2, 0.25) is 0 Å². The Balaban J connectivity index is 1.81. The van der Waals surface area contributed by atoms with Crippen molar-refractivity contribution in [2.75, 3.05) is 5.73 Å². The van der Waals surface area contributed by atoms with Crippen molar-refractivity contribution in [1.82, 2.24) is 19.4 Å². The molecular formula is C17H14FN5O. The predicted octanol–water partition coefficient (Wildman–Crippen LogP) is 3.25. The summed E-state index contributed by atoms with van der Waals surface area (Å²) >= 11 is 0. The van der Waals surface area contributed by atoms with E-state index in [2.05, 4.69) is 10.2 Å². The van der Waals surface area contributed by atoms with Crippen molar-refractivity contribution in [3.05, 3.63) is 60.9 Å². The van der Waals surface area contributed by atoms with E-state index in [4.69, 9.17) is 10.5 Å². The van der Waals surface area contributed by atoms with Gasteiger partial charge in [-0.2, -0.15) is 10.2 Å². The average Bonchev–Trinajstić information content (AvgIpc) is 3.19. The van der Waals surface area contributed by atoms with Crippen LogP contribution in [0.3, 0.4) is 0 Å². The highest BCUT2D eigenvalue weighted by Crippen LogP contribution is 2.32. The Labute approximate surface area is 136 Å². The molecule has 6 nitrogen and oxygen atoms in total. The van der Waals surface area contributed by atoms with Crippen LogP contribution in [0, 0.1) is 5.82 Å². The minimum absolute atomic E-state index is 0.0842. The summed E-state index contributed by atoms with van der Waals surface area (Å²) in [6.07, 6.45) is 7.23. The highest BCUT2D eigenvalue weighted by molar-refractivity contribution is 5.70. The summed E-state index contributed by atoms with van der Waals surface area (Å²) in [5.74, 6) is 0.423. The fourth-order valence-electron chi connectivity index (χ4n) is 2.50.